The molecule has 0 unspecified atom stereocenters. The monoisotopic (exact) mass is 288 g/mol. The molecule has 2 aromatic rings. The number of amides is 2. The average molecular weight is 288 g/mol. The average Bonchev–Trinajstić information content (AvgIpc) is 2.47. The lowest BCUT2D eigenvalue weighted by atomic mass is 10.1. The van der Waals surface area contributed by atoms with Crippen LogP contribution in [0.1, 0.15) is 18.5 Å². The molecule has 21 heavy (non-hydrogen) atoms. The number of ether oxygens (including phenoxy) is 1. The Kier molecular flexibility index (Phi) is 4.77. The normalized spacial score (nSPS) is 11.6. The van der Waals surface area contributed by atoms with Crippen LogP contribution in [0.15, 0.2) is 48.5 Å². The summed E-state index contributed by atoms with van der Waals surface area (Å²) >= 11 is 0. The molecule has 0 aliphatic carbocycles. The summed E-state index contributed by atoms with van der Waals surface area (Å²) in [6.45, 7) is 1.83. The second-order valence-corrected chi connectivity index (χ2v) is 4.60. The quantitative estimate of drug-likeness (QED) is 0.901. The van der Waals surface area contributed by atoms with Gasteiger partial charge in [-0.3, -0.25) is 0 Å². The lowest BCUT2D eigenvalue weighted by Gasteiger charge is -2.15. The first kappa shape index (κ1) is 14.8. The van der Waals surface area contributed by atoms with Crippen molar-refractivity contribution in [3.63, 3.8) is 0 Å². The molecule has 2 aromatic carbocycles. The molecule has 0 fully saturated rings. The smallest absolute Gasteiger partial charge is 0.319 e. The van der Waals surface area contributed by atoms with Crippen molar-refractivity contribution in [2.45, 2.75) is 13.0 Å². The molecule has 2 rings (SSSR count). The Labute approximate surface area is 122 Å². The van der Waals surface area contributed by atoms with E-state index in [4.69, 9.17) is 4.74 Å². The number of rotatable bonds is 4. The fraction of sp³-hybridized carbons (Fsp3) is 0.188. The van der Waals surface area contributed by atoms with Crippen LogP contribution in [0.4, 0.5) is 14.9 Å². The Morgan fingerprint density at radius 1 is 1.19 bits per heavy atom. The van der Waals surface area contributed by atoms with E-state index in [1.807, 2.05) is 6.92 Å². The second kappa shape index (κ2) is 6.74. The number of benzene rings is 2. The van der Waals surface area contributed by atoms with Crippen LogP contribution in [0.5, 0.6) is 5.75 Å². The number of methoxy groups -OCH3 is 1. The maximum atomic E-state index is 12.9. The zero-order valence-corrected chi connectivity index (χ0v) is 11.9. The fourth-order valence-electron chi connectivity index (χ4n) is 1.90. The minimum Gasteiger partial charge on any atom is -0.497 e. The highest BCUT2D eigenvalue weighted by Crippen LogP contribution is 2.17. The summed E-state index contributed by atoms with van der Waals surface area (Å²) in [5, 5.41) is 5.51. The molecule has 5 heteroatoms. The largest absolute Gasteiger partial charge is 0.497 e. The van der Waals surface area contributed by atoms with Crippen molar-refractivity contribution in [1.29, 1.82) is 0 Å². The van der Waals surface area contributed by atoms with Crippen LogP contribution in [0.25, 0.3) is 0 Å². The lowest BCUT2D eigenvalue weighted by molar-refractivity contribution is 0.249. The lowest BCUT2D eigenvalue weighted by Crippen LogP contribution is -2.31. The molecule has 110 valence electrons. The standard InChI is InChI=1S/C16H17FN2O2/c1-11(12-6-8-13(17)9-7-12)18-16(20)19-14-4-3-5-15(10-14)21-2/h3-11H,1-2H3,(H2,18,19,20)/t11-/m0/s1. The van der Waals surface area contributed by atoms with Gasteiger partial charge in [0, 0.05) is 11.8 Å². The van der Waals surface area contributed by atoms with E-state index in [0.29, 0.717) is 11.4 Å². The molecule has 0 saturated heterocycles. The zero-order chi connectivity index (χ0) is 15.2. The molecule has 4 nitrogen and oxygen atoms in total. The van der Waals surface area contributed by atoms with E-state index >= 15 is 0 Å². The predicted octanol–water partition coefficient (Wildman–Crippen LogP) is 3.72. The molecule has 0 spiro atoms. The first-order valence-electron chi connectivity index (χ1n) is 6.55. The first-order chi connectivity index (χ1) is 10.1. The number of anilines is 1. The Morgan fingerprint density at radius 2 is 1.90 bits per heavy atom. The summed E-state index contributed by atoms with van der Waals surface area (Å²) in [5.41, 5.74) is 1.47. The molecule has 0 aliphatic heterocycles. The number of halogens is 1. The number of hydrogen-bond acceptors (Lipinski definition) is 2. The number of hydrogen-bond donors (Lipinski definition) is 2. The molecule has 2 amide bonds. The van der Waals surface area contributed by atoms with Crippen LogP contribution in [-0.2, 0) is 0 Å². The molecule has 0 aliphatic rings. The van der Waals surface area contributed by atoms with E-state index in [2.05, 4.69) is 10.6 Å². The third-order valence-corrected chi connectivity index (χ3v) is 3.05. The molecule has 0 saturated carbocycles. The molecule has 0 heterocycles. The van der Waals surface area contributed by atoms with Gasteiger partial charge in [0.2, 0.25) is 0 Å². The van der Waals surface area contributed by atoms with E-state index in [9.17, 15) is 9.18 Å². The van der Waals surface area contributed by atoms with Crippen molar-refractivity contribution in [3.8, 4) is 5.75 Å². The Hall–Kier alpha value is -2.56. The molecular formula is C16H17FN2O2. The summed E-state index contributed by atoms with van der Waals surface area (Å²) in [5.74, 6) is 0.367. The van der Waals surface area contributed by atoms with Crippen molar-refractivity contribution >= 4 is 11.7 Å². The highest BCUT2D eigenvalue weighted by molar-refractivity contribution is 5.89. The van der Waals surface area contributed by atoms with Crippen LogP contribution in [-0.4, -0.2) is 13.1 Å². The van der Waals surface area contributed by atoms with Crippen LogP contribution in [0, 0.1) is 5.82 Å². The zero-order valence-electron chi connectivity index (χ0n) is 11.9. The number of carbonyl (C=O) groups is 1. The van der Waals surface area contributed by atoms with E-state index in [1.165, 1.54) is 12.1 Å². The highest BCUT2D eigenvalue weighted by atomic mass is 19.1. The Balaban J connectivity index is 1.96. The second-order valence-electron chi connectivity index (χ2n) is 4.60. The summed E-state index contributed by atoms with van der Waals surface area (Å²) in [6.07, 6.45) is 0. The minimum absolute atomic E-state index is 0.226. The van der Waals surface area contributed by atoms with Crippen LogP contribution in [0.3, 0.4) is 0 Å². The third kappa shape index (κ3) is 4.21. The maximum absolute atomic E-state index is 12.9. The summed E-state index contributed by atoms with van der Waals surface area (Å²) in [4.78, 5) is 11.9. The van der Waals surface area contributed by atoms with Gasteiger partial charge < -0.3 is 15.4 Å². The predicted molar refractivity (Wildman–Crippen MR) is 80.0 cm³/mol. The van der Waals surface area contributed by atoms with Crippen LogP contribution in [0.2, 0.25) is 0 Å². The van der Waals surface area contributed by atoms with Gasteiger partial charge in [-0.25, -0.2) is 9.18 Å². The first-order valence-corrected chi connectivity index (χ1v) is 6.55. The van der Waals surface area contributed by atoms with Crippen molar-refractivity contribution in [3.05, 3.63) is 59.9 Å². The van der Waals surface area contributed by atoms with Crippen LogP contribution >= 0.6 is 0 Å². The Bertz CT molecular complexity index is 614. The molecule has 1 atom stereocenters. The van der Waals surface area contributed by atoms with Gasteiger partial charge in [0.15, 0.2) is 0 Å². The molecule has 2 N–H and O–H groups in total. The Morgan fingerprint density at radius 3 is 2.57 bits per heavy atom. The molecule has 0 bridgehead atoms. The number of urea groups is 1. The number of carbonyl (C=O) groups excluding carboxylic acids is 1. The van der Waals surface area contributed by atoms with Crippen LogP contribution < -0.4 is 15.4 Å². The highest BCUT2D eigenvalue weighted by Gasteiger charge is 2.09. The van der Waals surface area contributed by atoms with Gasteiger partial charge in [0.05, 0.1) is 13.2 Å². The summed E-state index contributed by atoms with van der Waals surface area (Å²) in [6, 6.07) is 12.5. The molecule has 0 aromatic heterocycles. The van der Waals surface area contributed by atoms with Crippen molar-refractivity contribution in [2.75, 3.05) is 12.4 Å². The number of nitrogens with one attached hydrogen (secondary N) is 2. The summed E-state index contributed by atoms with van der Waals surface area (Å²) < 4.78 is 18.0. The topological polar surface area (TPSA) is 50.4 Å². The van der Waals surface area contributed by atoms with Gasteiger partial charge in [-0.2, -0.15) is 0 Å². The SMILES string of the molecule is COc1cccc(NC(=O)N[C@@H](C)c2ccc(F)cc2)c1. The van der Waals surface area contributed by atoms with Gasteiger partial charge in [0.1, 0.15) is 11.6 Å². The van der Waals surface area contributed by atoms with E-state index in [1.54, 1.807) is 43.5 Å². The minimum atomic E-state index is -0.333. The molecule has 0 radical (unpaired) electrons. The van der Waals surface area contributed by atoms with Crippen molar-refractivity contribution in [1.82, 2.24) is 5.32 Å². The third-order valence-electron chi connectivity index (χ3n) is 3.05. The van der Waals surface area contributed by atoms with Gasteiger partial charge in [-0.15, -0.1) is 0 Å². The summed E-state index contributed by atoms with van der Waals surface area (Å²) in [7, 11) is 1.57. The van der Waals surface area contributed by atoms with Gasteiger partial charge >= 0.3 is 6.03 Å². The van der Waals surface area contributed by atoms with Crippen molar-refractivity contribution < 1.29 is 13.9 Å². The van der Waals surface area contributed by atoms with Gasteiger partial charge in [-0.1, -0.05) is 18.2 Å². The van der Waals surface area contributed by atoms with Crippen molar-refractivity contribution in [2.24, 2.45) is 0 Å². The maximum Gasteiger partial charge on any atom is 0.319 e. The fourth-order valence-corrected chi connectivity index (χ4v) is 1.90. The van der Waals surface area contributed by atoms with E-state index < -0.39 is 0 Å². The van der Waals surface area contributed by atoms with E-state index in [0.717, 1.165) is 5.56 Å². The van der Waals surface area contributed by atoms with E-state index in [-0.39, 0.29) is 17.9 Å². The van der Waals surface area contributed by atoms with Gasteiger partial charge in [-0.05, 0) is 36.8 Å². The molecular weight excluding hydrogens is 271 g/mol. The van der Waals surface area contributed by atoms with Gasteiger partial charge in [0.25, 0.3) is 0 Å².